The average Bonchev–Trinajstić information content (AvgIpc) is 2.73. The van der Waals surface area contributed by atoms with Crippen LogP contribution in [0.5, 0.6) is 5.75 Å². The highest BCUT2D eigenvalue weighted by Crippen LogP contribution is 2.27. The minimum absolute atomic E-state index is 0.0175. The zero-order valence-corrected chi connectivity index (χ0v) is 21.1. The van der Waals surface area contributed by atoms with Gasteiger partial charge in [0.1, 0.15) is 28.9 Å². The van der Waals surface area contributed by atoms with Crippen molar-refractivity contribution in [2.24, 2.45) is 0 Å². The Morgan fingerprint density at radius 1 is 1.09 bits per heavy atom. The molecule has 1 aromatic carbocycles. The number of sulfone groups is 1. The lowest BCUT2D eigenvalue weighted by molar-refractivity contribution is 0.160. The Hall–Kier alpha value is -2.60. The molecule has 194 valence electrons. The second-order valence-corrected chi connectivity index (χ2v) is 12.0. The van der Waals surface area contributed by atoms with Gasteiger partial charge in [-0.1, -0.05) is 0 Å². The molecule has 1 aliphatic rings. The molecule has 0 bridgehead atoms. The Kier molecular flexibility index (Phi) is 8.15. The summed E-state index contributed by atoms with van der Waals surface area (Å²) in [4.78, 5) is 16.9. The Balaban J connectivity index is 1.89. The number of halogens is 3. The van der Waals surface area contributed by atoms with Gasteiger partial charge in [-0.05, 0) is 39.8 Å². The molecule has 8 nitrogen and oxygen atoms in total. The summed E-state index contributed by atoms with van der Waals surface area (Å²) in [6.07, 6.45) is 1.38. The van der Waals surface area contributed by atoms with Gasteiger partial charge in [0.15, 0.2) is 9.84 Å². The number of hydrogen-bond acceptors (Lipinski definition) is 7. The summed E-state index contributed by atoms with van der Waals surface area (Å²) in [6, 6.07) is 2.63. The maximum atomic E-state index is 14.0. The zero-order chi connectivity index (χ0) is 26.0. The van der Waals surface area contributed by atoms with Gasteiger partial charge in [-0.25, -0.2) is 21.6 Å². The van der Waals surface area contributed by atoms with E-state index in [9.17, 15) is 26.4 Å². The van der Waals surface area contributed by atoms with Crippen LogP contribution >= 0.6 is 0 Å². The fraction of sp³-hybridized carbons (Fsp3) is 0.565. The molecular weight excluding hydrogens is 485 g/mol. The molecule has 0 atom stereocenters. The van der Waals surface area contributed by atoms with Gasteiger partial charge in [-0.2, -0.15) is 9.78 Å². The molecule has 1 aromatic heterocycles. The molecule has 0 amide bonds. The Morgan fingerprint density at radius 3 is 2.23 bits per heavy atom. The first-order valence-corrected chi connectivity index (χ1v) is 13.1. The number of hydrogen-bond donors (Lipinski definition) is 0. The van der Waals surface area contributed by atoms with Crippen molar-refractivity contribution in [1.82, 2.24) is 14.7 Å². The lowest BCUT2D eigenvalue weighted by Gasteiger charge is -2.36. The second-order valence-electron chi connectivity index (χ2n) is 9.47. The summed E-state index contributed by atoms with van der Waals surface area (Å²) in [5, 5.41) is 3.61. The number of alkyl halides is 1. The van der Waals surface area contributed by atoms with Crippen molar-refractivity contribution in [2.45, 2.75) is 45.0 Å². The van der Waals surface area contributed by atoms with E-state index in [1.165, 1.54) is 20.0 Å². The van der Waals surface area contributed by atoms with E-state index in [2.05, 4.69) is 5.10 Å². The van der Waals surface area contributed by atoms with E-state index in [1.807, 2.05) is 9.80 Å². The maximum absolute atomic E-state index is 14.0. The summed E-state index contributed by atoms with van der Waals surface area (Å²) >= 11 is 0. The van der Waals surface area contributed by atoms with Crippen LogP contribution in [0.25, 0.3) is 5.69 Å². The highest BCUT2D eigenvalue weighted by atomic mass is 32.2. The van der Waals surface area contributed by atoms with Crippen molar-refractivity contribution in [3.8, 4) is 11.4 Å². The van der Waals surface area contributed by atoms with Crippen LogP contribution in [0.15, 0.2) is 29.2 Å². The molecule has 0 aliphatic carbocycles. The van der Waals surface area contributed by atoms with Crippen molar-refractivity contribution in [3.05, 3.63) is 46.4 Å². The summed E-state index contributed by atoms with van der Waals surface area (Å²) in [5.41, 5.74) is -2.02. The number of anilines is 1. The Morgan fingerprint density at radius 2 is 1.69 bits per heavy atom. The first-order valence-electron chi connectivity index (χ1n) is 11.4. The molecule has 2 aromatic rings. The second kappa shape index (κ2) is 10.6. The van der Waals surface area contributed by atoms with Gasteiger partial charge in [0, 0.05) is 38.7 Å². The van der Waals surface area contributed by atoms with Crippen LogP contribution in [0, 0.1) is 11.6 Å². The van der Waals surface area contributed by atoms with E-state index in [1.54, 1.807) is 13.8 Å². The molecule has 1 aliphatic heterocycles. The van der Waals surface area contributed by atoms with Crippen LogP contribution in [-0.2, 0) is 9.84 Å². The lowest BCUT2D eigenvalue weighted by atomic mass is 10.1. The highest BCUT2D eigenvalue weighted by molar-refractivity contribution is 7.91. The molecular formula is C23H31F3N4O4S. The van der Waals surface area contributed by atoms with Gasteiger partial charge >= 0.3 is 5.56 Å². The van der Waals surface area contributed by atoms with Crippen LogP contribution in [-0.4, -0.2) is 72.7 Å². The SMILES string of the molecule is CC(C)S(=O)(=O)CN1CCN(c2cnn(-c3cc(F)cc(F)c3)c(=O)c2OCCC(C)(C)F)CC1. The van der Waals surface area contributed by atoms with E-state index in [4.69, 9.17) is 4.74 Å². The molecule has 0 spiro atoms. The quantitative estimate of drug-likeness (QED) is 0.507. The van der Waals surface area contributed by atoms with Crippen molar-refractivity contribution >= 4 is 15.5 Å². The van der Waals surface area contributed by atoms with E-state index < -0.39 is 37.9 Å². The summed E-state index contributed by atoms with van der Waals surface area (Å²) in [7, 11) is -3.24. The number of nitrogens with zero attached hydrogens (tertiary/aromatic N) is 4. The molecule has 1 saturated heterocycles. The number of aromatic nitrogens is 2. The van der Waals surface area contributed by atoms with E-state index in [-0.39, 0.29) is 30.3 Å². The largest absolute Gasteiger partial charge is 0.486 e. The van der Waals surface area contributed by atoms with Crippen molar-refractivity contribution in [3.63, 3.8) is 0 Å². The zero-order valence-electron chi connectivity index (χ0n) is 20.3. The third-order valence-electron chi connectivity index (χ3n) is 5.74. The molecule has 0 unspecified atom stereocenters. The molecule has 0 saturated carbocycles. The Labute approximate surface area is 203 Å². The molecule has 0 N–H and O–H groups in total. The van der Waals surface area contributed by atoms with Crippen molar-refractivity contribution in [1.29, 1.82) is 0 Å². The molecule has 12 heteroatoms. The fourth-order valence-corrected chi connectivity index (χ4v) is 4.62. The minimum Gasteiger partial charge on any atom is -0.486 e. The summed E-state index contributed by atoms with van der Waals surface area (Å²) < 4.78 is 72.5. The van der Waals surface area contributed by atoms with Crippen molar-refractivity contribution in [2.75, 3.05) is 43.6 Å². The fourth-order valence-electron chi connectivity index (χ4n) is 3.55. The smallest absolute Gasteiger partial charge is 0.316 e. The van der Waals surface area contributed by atoms with Crippen molar-refractivity contribution < 1.29 is 26.3 Å². The predicted molar refractivity (Wildman–Crippen MR) is 128 cm³/mol. The topological polar surface area (TPSA) is 84.7 Å². The van der Waals surface area contributed by atoms with E-state index >= 15 is 0 Å². The third kappa shape index (κ3) is 6.97. The molecule has 3 rings (SSSR count). The summed E-state index contributed by atoms with van der Waals surface area (Å²) in [6.45, 7) is 7.63. The van der Waals surface area contributed by atoms with Crippen LogP contribution in [0.2, 0.25) is 0 Å². The molecule has 0 radical (unpaired) electrons. The minimum atomic E-state index is -3.24. The number of piperazine rings is 1. The normalized spacial score (nSPS) is 15.6. The first kappa shape index (κ1) is 27.0. The van der Waals surface area contributed by atoms with Gasteiger partial charge in [-0.15, -0.1) is 0 Å². The van der Waals surface area contributed by atoms with E-state index in [0.717, 1.165) is 16.8 Å². The standard InChI is InChI=1S/C23H31F3N4O4S/c1-16(2)35(32,33)15-28-6-8-29(9-7-28)20-14-27-30(19-12-17(24)11-18(25)13-19)22(31)21(20)34-10-5-23(3,4)26/h11-14,16H,5-10,15H2,1-4H3. The van der Waals surface area contributed by atoms with Gasteiger partial charge in [0.2, 0.25) is 5.75 Å². The number of rotatable bonds is 9. The van der Waals surface area contributed by atoms with Crippen LogP contribution in [0.4, 0.5) is 18.9 Å². The van der Waals surface area contributed by atoms with Gasteiger partial charge in [-0.3, -0.25) is 9.69 Å². The average molecular weight is 517 g/mol. The molecule has 35 heavy (non-hydrogen) atoms. The van der Waals surface area contributed by atoms with Gasteiger partial charge in [0.25, 0.3) is 0 Å². The Bertz CT molecular complexity index is 1180. The van der Waals surface area contributed by atoms with E-state index in [0.29, 0.717) is 37.9 Å². The predicted octanol–water partition coefficient (Wildman–Crippen LogP) is 2.93. The van der Waals surface area contributed by atoms with Crippen LogP contribution in [0.3, 0.4) is 0 Å². The van der Waals surface area contributed by atoms with Crippen LogP contribution < -0.4 is 15.2 Å². The van der Waals surface area contributed by atoms with Crippen LogP contribution in [0.1, 0.15) is 34.1 Å². The number of ether oxygens (including phenoxy) is 1. The molecule has 1 fully saturated rings. The third-order valence-corrected chi connectivity index (χ3v) is 7.90. The molecule has 2 heterocycles. The summed E-state index contributed by atoms with van der Waals surface area (Å²) in [5.74, 6) is -1.91. The highest BCUT2D eigenvalue weighted by Gasteiger charge is 2.27. The first-order chi connectivity index (χ1) is 16.3. The monoisotopic (exact) mass is 516 g/mol. The van der Waals surface area contributed by atoms with Gasteiger partial charge < -0.3 is 9.64 Å². The van der Waals surface area contributed by atoms with Gasteiger partial charge in [0.05, 0.1) is 23.7 Å². The lowest BCUT2D eigenvalue weighted by Crippen LogP contribution is -2.49. The number of benzene rings is 1. The maximum Gasteiger partial charge on any atom is 0.316 e.